The highest BCUT2D eigenvalue weighted by atomic mass is 127. The molecule has 0 spiro atoms. The zero-order valence-electron chi connectivity index (χ0n) is 15.0. The zero-order chi connectivity index (χ0) is 16.3. The number of rotatable bonds is 5. The van der Waals surface area contributed by atoms with Gasteiger partial charge in [0.05, 0.1) is 5.60 Å². The van der Waals surface area contributed by atoms with Gasteiger partial charge in [-0.1, -0.05) is 24.3 Å². The number of hydrogen-bond donors (Lipinski definition) is 2. The van der Waals surface area contributed by atoms with Crippen molar-refractivity contribution in [3.05, 3.63) is 35.4 Å². The molecule has 4 nitrogen and oxygen atoms in total. The van der Waals surface area contributed by atoms with E-state index in [2.05, 4.69) is 53.7 Å². The van der Waals surface area contributed by atoms with Crippen LogP contribution in [0, 0.1) is 6.92 Å². The van der Waals surface area contributed by atoms with E-state index in [0.717, 1.165) is 38.5 Å². The molecule has 0 radical (unpaired) electrons. The molecule has 0 amide bonds. The highest BCUT2D eigenvalue weighted by molar-refractivity contribution is 14.0. The minimum Gasteiger partial charge on any atom is -0.373 e. The largest absolute Gasteiger partial charge is 0.373 e. The standard InChI is InChI=1S/C19H29N3O.HI/c1-15-7-4-5-8-16(15)19(10-11-19)14-22-17(20-3)21-13-18(2)9-6-12-23-18;/h4-5,7-8H,6,9-14H2,1-3H3,(H2,20,21,22);1H. The van der Waals surface area contributed by atoms with Crippen LogP contribution in [0.4, 0.5) is 0 Å². The van der Waals surface area contributed by atoms with Crippen molar-refractivity contribution >= 4 is 29.9 Å². The highest BCUT2D eigenvalue weighted by Crippen LogP contribution is 2.48. The van der Waals surface area contributed by atoms with E-state index < -0.39 is 0 Å². The highest BCUT2D eigenvalue weighted by Gasteiger charge is 2.45. The third-order valence-electron chi connectivity index (χ3n) is 5.32. The Morgan fingerprint density at radius 1 is 1.17 bits per heavy atom. The first-order valence-corrected chi connectivity index (χ1v) is 8.72. The number of guanidine groups is 1. The van der Waals surface area contributed by atoms with Crippen molar-refractivity contribution in [2.24, 2.45) is 4.99 Å². The minimum atomic E-state index is -0.0507. The molecule has 1 unspecified atom stereocenters. The summed E-state index contributed by atoms with van der Waals surface area (Å²) in [5.41, 5.74) is 3.11. The number of hydrogen-bond acceptors (Lipinski definition) is 2. The Bertz CT molecular complexity index is 578. The van der Waals surface area contributed by atoms with Gasteiger partial charge in [-0.15, -0.1) is 24.0 Å². The van der Waals surface area contributed by atoms with E-state index in [4.69, 9.17) is 4.74 Å². The van der Waals surface area contributed by atoms with Gasteiger partial charge in [0, 0.05) is 32.2 Å². The van der Waals surface area contributed by atoms with Crippen molar-refractivity contribution in [2.75, 3.05) is 26.7 Å². The molecule has 1 saturated carbocycles. The Hall–Kier alpha value is -0.820. The molecule has 3 rings (SSSR count). The van der Waals surface area contributed by atoms with Crippen LogP contribution in [0.5, 0.6) is 0 Å². The number of halogens is 1. The Kier molecular flexibility index (Phi) is 6.53. The Morgan fingerprint density at radius 2 is 1.88 bits per heavy atom. The van der Waals surface area contributed by atoms with Gasteiger partial charge in [-0.05, 0) is 50.7 Å². The maximum absolute atomic E-state index is 5.83. The molecule has 1 atom stereocenters. The van der Waals surface area contributed by atoms with Crippen LogP contribution >= 0.6 is 24.0 Å². The Balaban J connectivity index is 0.00000208. The summed E-state index contributed by atoms with van der Waals surface area (Å²) in [6.45, 7) is 7.01. The Labute approximate surface area is 162 Å². The van der Waals surface area contributed by atoms with Crippen LogP contribution in [-0.4, -0.2) is 38.3 Å². The molecular weight excluding hydrogens is 413 g/mol. The lowest BCUT2D eigenvalue weighted by molar-refractivity contribution is 0.0243. The number of benzene rings is 1. The molecule has 2 fully saturated rings. The maximum Gasteiger partial charge on any atom is 0.191 e. The van der Waals surface area contributed by atoms with Gasteiger partial charge in [-0.2, -0.15) is 0 Å². The number of nitrogens with zero attached hydrogens (tertiary/aromatic N) is 1. The molecule has 2 aliphatic rings. The van der Waals surface area contributed by atoms with Crippen LogP contribution in [0.15, 0.2) is 29.3 Å². The molecule has 0 bridgehead atoms. The summed E-state index contributed by atoms with van der Waals surface area (Å²) in [6.07, 6.45) is 4.77. The van der Waals surface area contributed by atoms with Crippen LogP contribution < -0.4 is 10.6 Å². The van der Waals surface area contributed by atoms with E-state index >= 15 is 0 Å². The van der Waals surface area contributed by atoms with E-state index in [1.807, 2.05) is 7.05 Å². The van der Waals surface area contributed by atoms with Crippen LogP contribution in [0.2, 0.25) is 0 Å². The van der Waals surface area contributed by atoms with Gasteiger partial charge in [0.2, 0.25) is 0 Å². The molecule has 1 heterocycles. The number of nitrogens with one attached hydrogen (secondary N) is 2. The fourth-order valence-electron chi connectivity index (χ4n) is 3.58. The topological polar surface area (TPSA) is 45.7 Å². The molecule has 0 aromatic heterocycles. The molecule has 1 aliphatic carbocycles. The van der Waals surface area contributed by atoms with Crippen molar-refractivity contribution in [3.63, 3.8) is 0 Å². The van der Waals surface area contributed by atoms with E-state index in [-0.39, 0.29) is 35.0 Å². The van der Waals surface area contributed by atoms with E-state index in [1.54, 1.807) is 0 Å². The molecule has 1 aliphatic heterocycles. The zero-order valence-corrected chi connectivity index (χ0v) is 17.4. The molecule has 1 saturated heterocycles. The second-order valence-electron chi connectivity index (χ2n) is 7.28. The quantitative estimate of drug-likeness (QED) is 0.417. The predicted octanol–water partition coefficient (Wildman–Crippen LogP) is 3.38. The van der Waals surface area contributed by atoms with Crippen molar-refractivity contribution in [1.29, 1.82) is 0 Å². The summed E-state index contributed by atoms with van der Waals surface area (Å²) in [5.74, 6) is 0.876. The summed E-state index contributed by atoms with van der Waals surface area (Å²) in [7, 11) is 1.83. The lowest BCUT2D eigenvalue weighted by Crippen LogP contribution is -2.47. The normalized spacial score (nSPS) is 25.0. The average molecular weight is 443 g/mol. The third-order valence-corrected chi connectivity index (χ3v) is 5.32. The molecule has 1 aromatic carbocycles. The molecule has 134 valence electrons. The summed E-state index contributed by atoms with van der Waals surface area (Å²) >= 11 is 0. The smallest absolute Gasteiger partial charge is 0.191 e. The third kappa shape index (κ3) is 4.42. The number of aliphatic imine (C=N–C) groups is 1. The van der Waals surface area contributed by atoms with Crippen molar-refractivity contribution < 1.29 is 4.74 Å². The van der Waals surface area contributed by atoms with Gasteiger partial charge in [-0.25, -0.2) is 0 Å². The van der Waals surface area contributed by atoms with Crippen molar-refractivity contribution in [3.8, 4) is 0 Å². The molecule has 5 heteroatoms. The van der Waals surface area contributed by atoms with Crippen molar-refractivity contribution in [1.82, 2.24) is 10.6 Å². The second kappa shape index (κ2) is 8.04. The van der Waals surface area contributed by atoms with Gasteiger partial charge in [0.25, 0.3) is 0 Å². The first kappa shape index (κ1) is 19.5. The van der Waals surface area contributed by atoms with Crippen LogP contribution in [0.1, 0.15) is 43.7 Å². The Morgan fingerprint density at radius 3 is 2.46 bits per heavy atom. The molecular formula is C19H30IN3O. The lowest BCUT2D eigenvalue weighted by Gasteiger charge is -2.26. The molecule has 2 N–H and O–H groups in total. The molecule has 24 heavy (non-hydrogen) atoms. The van der Waals surface area contributed by atoms with Gasteiger partial charge < -0.3 is 15.4 Å². The van der Waals surface area contributed by atoms with Gasteiger partial charge >= 0.3 is 0 Å². The summed E-state index contributed by atoms with van der Waals surface area (Å²) in [4.78, 5) is 4.37. The predicted molar refractivity (Wildman–Crippen MR) is 110 cm³/mol. The monoisotopic (exact) mass is 443 g/mol. The van der Waals surface area contributed by atoms with Crippen LogP contribution in [0.3, 0.4) is 0 Å². The summed E-state index contributed by atoms with van der Waals surface area (Å²) < 4.78 is 5.83. The fraction of sp³-hybridized carbons (Fsp3) is 0.632. The number of ether oxygens (including phenoxy) is 1. The first-order valence-electron chi connectivity index (χ1n) is 8.72. The second-order valence-corrected chi connectivity index (χ2v) is 7.28. The first-order chi connectivity index (χ1) is 11.1. The van der Waals surface area contributed by atoms with Gasteiger partial charge in [0.1, 0.15) is 0 Å². The van der Waals surface area contributed by atoms with Crippen LogP contribution in [-0.2, 0) is 10.2 Å². The van der Waals surface area contributed by atoms with E-state index in [0.29, 0.717) is 0 Å². The van der Waals surface area contributed by atoms with Gasteiger partial charge in [0.15, 0.2) is 5.96 Å². The number of aryl methyl sites for hydroxylation is 1. The molecule has 1 aromatic rings. The van der Waals surface area contributed by atoms with E-state index in [9.17, 15) is 0 Å². The van der Waals surface area contributed by atoms with Crippen molar-refractivity contribution in [2.45, 2.75) is 50.5 Å². The summed E-state index contributed by atoms with van der Waals surface area (Å²) in [5, 5.41) is 6.95. The SMILES string of the molecule is CN=C(NCC1(C)CCCO1)NCC1(c2ccccc2C)CC1.I. The average Bonchev–Trinajstić information content (AvgIpc) is 3.22. The lowest BCUT2D eigenvalue weighted by atomic mass is 9.92. The van der Waals surface area contributed by atoms with Gasteiger partial charge in [-0.3, -0.25) is 4.99 Å². The summed E-state index contributed by atoms with van der Waals surface area (Å²) in [6, 6.07) is 8.74. The minimum absolute atomic E-state index is 0. The maximum atomic E-state index is 5.83. The van der Waals surface area contributed by atoms with Crippen LogP contribution in [0.25, 0.3) is 0 Å². The fourth-order valence-corrected chi connectivity index (χ4v) is 3.58. The van der Waals surface area contributed by atoms with E-state index in [1.165, 1.54) is 24.0 Å².